The van der Waals surface area contributed by atoms with Gasteiger partial charge in [-0.15, -0.1) is 0 Å². The monoisotopic (exact) mass is 358 g/mol. The maximum absolute atomic E-state index is 14.0. The topological polar surface area (TPSA) is 67.4 Å². The van der Waals surface area contributed by atoms with Crippen LogP contribution in [0.15, 0.2) is 42.5 Å². The van der Waals surface area contributed by atoms with Gasteiger partial charge in [-0.2, -0.15) is 0 Å². The van der Waals surface area contributed by atoms with Crippen molar-refractivity contribution in [1.82, 2.24) is 5.32 Å². The molecule has 0 saturated heterocycles. The van der Waals surface area contributed by atoms with E-state index >= 15 is 0 Å². The molecule has 138 valence electrons. The Morgan fingerprint density at radius 3 is 2.38 bits per heavy atom. The third-order valence-corrected chi connectivity index (χ3v) is 4.45. The lowest BCUT2D eigenvalue weighted by Gasteiger charge is -2.29. The molecule has 2 aromatic carbocycles. The highest BCUT2D eigenvalue weighted by Crippen LogP contribution is 2.26. The van der Waals surface area contributed by atoms with Gasteiger partial charge in [-0.1, -0.05) is 24.3 Å². The molecule has 0 radical (unpaired) electrons. The summed E-state index contributed by atoms with van der Waals surface area (Å²) in [5, 5.41) is 5.05. The van der Waals surface area contributed by atoms with Crippen LogP contribution in [0.5, 0.6) is 0 Å². The molecule has 2 aromatic rings. The van der Waals surface area contributed by atoms with Crippen LogP contribution < -0.4 is 10.6 Å². The summed E-state index contributed by atoms with van der Waals surface area (Å²) in [6, 6.07) is 11.5. The Balaban J connectivity index is 2.03. The van der Waals surface area contributed by atoms with E-state index in [-0.39, 0.29) is 6.54 Å². The minimum atomic E-state index is -1.10. The first-order valence-electron chi connectivity index (χ1n) is 8.23. The molecule has 0 aromatic heterocycles. The van der Waals surface area contributed by atoms with Crippen molar-refractivity contribution in [3.63, 3.8) is 0 Å². The lowest BCUT2D eigenvalue weighted by atomic mass is 9.95. The fourth-order valence-electron chi connectivity index (χ4n) is 2.50. The van der Waals surface area contributed by atoms with Crippen LogP contribution in [0, 0.1) is 19.7 Å². The van der Waals surface area contributed by atoms with Crippen LogP contribution in [-0.4, -0.2) is 25.5 Å². The van der Waals surface area contributed by atoms with Crippen molar-refractivity contribution >= 4 is 17.5 Å². The molecule has 0 aliphatic carbocycles. The first-order chi connectivity index (χ1) is 12.3. The van der Waals surface area contributed by atoms with Gasteiger partial charge in [-0.05, 0) is 50.1 Å². The maximum Gasteiger partial charge on any atom is 0.313 e. The fourth-order valence-corrected chi connectivity index (χ4v) is 2.50. The number of halogens is 1. The summed E-state index contributed by atoms with van der Waals surface area (Å²) >= 11 is 0. The molecular formula is C20H23FN2O3. The van der Waals surface area contributed by atoms with Gasteiger partial charge in [-0.3, -0.25) is 9.59 Å². The Kier molecular flexibility index (Phi) is 6.10. The van der Waals surface area contributed by atoms with E-state index in [1.54, 1.807) is 37.3 Å². The van der Waals surface area contributed by atoms with Crippen molar-refractivity contribution in [2.75, 3.05) is 19.0 Å². The largest absolute Gasteiger partial charge is 0.372 e. The van der Waals surface area contributed by atoms with Crippen molar-refractivity contribution in [3.8, 4) is 0 Å². The quantitative estimate of drug-likeness (QED) is 0.807. The second-order valence-corrected chi connectivity index (χ2v) is 6.35. The molecule has 5 nitrogen and oxygen atoms in total. The summed E-state index contributed by atoms with van der Waals surface area (Å²) in [6.07, 6.45) is 0. The summed E-state index contributed by atoms with van der Waals surface area (Å²) in [6.45, 7) is 5.47. The van der Waals surface area contributed by atoms with Gasteiger partial charge in [0, 0.05) is 18.4 Å². The Hall–Kier alpha value is -2.73. The number of ether oxygens (including phenoxy) is 1. The number of methoxy groups -OCH3 is 1. The van der Waals surface area contributed by atoms with E-state index < -0.39 is 23.2 Å². The summed E-state index contributed by atoms with van der Waals surface area (Å²) < 4.78 is 19.4. The Bertz CT molecular complexity index is 822. The number of hydrogen-bond acceptors (Lipinski definition) is 3. The Morgan fingerprint density at radius 1 is 1.08 bits per heavy atom. The van der Waals surface area contributed by atoms with Crippen molar-refractivity contribution < 1.29 is 18.7 Å². The van der Waals surface area contributed by atoms with Crippen LogP contribution >= 0.6 is 0 Å². The van der Waals surface area contributed by atoms with Gasteiger partial charge in [0.25, 0.3) is 0 Å². The van der Waals surface area contributed by atoms with Gasteiger partial charge in [0.1, 0.15) is 11.4 Å². The third-order valence-electron chi connectivity index (χ3n) is 4.45. The van der Waals surface area contributed by atoms with Crippen LogP contribution in [0.3, 0.4) is 0 Å². The molecule has 1 atom stereocenters. The number of carbonyl (C=O) groups excluding carboxylic acids is 2. The maximum atomic E-state index is 14.0. The highest BCUT2D eigenvalue weighted by atomic mass is 19.1. The number of anilines is 1. The third kappa shape index (κ3) is 4.46. The first-order valence-corrected chi connectivity index (χ1v) is 8.23. The number of aryl methyl sites for hydroxylation is 2. The zero-order chi connectivity index (χ0) is 19.3. The minimum absolute atomic E-state index is 0.0520. The number of benzene rings is 2. The average Bonchev–Trinajstić information content (AvgIpc) is 2.62. The van der Waals surface area contributed by atoms with Gasteiger partial charge >= 0.3 is 11.8 Å². The molecule has 0 heterocycles. The standard InChI is InChI=1S/C20H23FN2O3/c1-13-9-10-15(11-14(13)2)23-19(25)18(24)22-12-20(3,26-4)16-7-5-6-8-17(16)21/h5-11H,12H2,1-4H3,(H,22,24)(H,23,25). The average molecular weight is 358 g/mol. The summed E-state index contributed by atoms with van der Waals surface area (Å²) in [4.78, 5) is 24.2. The summed E-state index contributed by atoms with van der Waals surface area (Å²) in [7, 11) is 1.42. The number of nitrogens with one attached hydrogen (secondary N) is 2. The highest BCUT2D eigenvalue weighted by Gasteiger charge is 2.30. The van der Waals surface area contributed by atoms with E-state index in [1.807, 2.05) is 19.9 Å². The predicted octanol–water partition coefficient (Wildman–Crippen LogP) is 3.06. The zero-order valence-electron chi connectivity index (χ0n) is 15.4. The molecule has 2 rings (SSSR count). The van der Waals surface area contributed by atoms with Crippen molar-refractivity contribution in [3.05, 3.63) is 65.0 Å². The van der Waals surface area contributed by atoms with Gasteiger partial charge in [-0.25, -0.2) is 4.39 Å². The van der Waals surface area contributed by atoms with Crippen molar-refractivity contribution in [2.24, 2.45) is 0 Å². The molecular weight excluding hydrogens is 335 g/mol. The van der Waals surface area contributed by atoms with Crippen LogP contribution in [0.1, 0.15) is 23.6 Å². The van der Waals surface area contributed by atoms with E-state index in [2.05, 4.69) is 10.6 Å². The number of hydrogen-bond donors (Lipinski definition) is 2. The number of rotatable bonds is 5. The molecule has 1 unspecified atom stereocenters. The second-order valence-electron chi connectivity index (χ2n) is 6.35. The molecule has 2 N–H and O–H groups in total. The van der Waals surface area contributed by atoms with Crippen molar-refractivity contribution in [1.29, 1.82) is 0 Å². The van der Waals surface area contributed by atoms with E-state index in [4.69, 9.17) is 4.74 Å². The summed E-state index contributed by atoms with van der Waals surface area (Å²) in [5.41, 5.74) is 1.85. The Morgan fingerprint density at radius 2 is 1.77 bits per heavy atom. The van der Waals surface area contributed by atoms with Gasteiger partial charge in [0.05, 0.1) is 6.54 Å². The molecule has 0 bridgehead atoms. The van der Waals surface area contributed by atoms with Gasteiger partial charge in [0.2, 0.25) is 0 Å². The van der Waals surface area contributed by atoms with Gasteiger partial charge in [0.15, 0.2) is 0 Å². The molecule has 26 heavy (non-hydrogen) atoms. The molecule has 0 fully saturated rings. The Labute approximate surface area is 152 Å². The molecule has 0 aliphatic heterocycles. The van der Waals surface area contributed by atoms with Crippen LogP contribution in [0.25, 0.3) is 0 Å². The SMILES string of the molecule is COC(C)(CNC(=O)C(=O)Nc1ccc(C)c(C)c1)c1ccccc1F. The number of carbonyl (C=O) groups is 2. The van der Waals surface area contributed by atoms with Crippen molar-refractivity contribution in [2.45, 2.75) is 26.4 Å². The minimum Gasteiger partial charge on any atom is -0.372 e. The van der Waals surface area contributed by atoms with E-state index in [1.165, 1.54) is 13.2 Å². The van der Waals surface area contributed by atoms with E-state index in [0.717, 1.165) is 11.1 Å². The normalized spacial score (nSPS) is 13.0. The van der Waals surface area contributed by atoms with Gasteiger partial charge < -0.3 is 15.4 Å². The van der Waals surface area contributed by atoms with E-state index in [0.29, 0.717) is 11.3 Å². The second kappa shape index (κ2) is 8.10. The zero-order valence-corrected chi connectivity index (χ0v) is 15.4. The highest BCUT2D eigenvalue weighted by molar-refractivity contribution is 6.39. The van der Waals surface area contributed by atoms with Crippen LogP contribution in [-0.2, 0) is 19.9 Å². The fraction of sp³-hybridized carbons (Fsp3) is 0.300. The van der Waals surface area contributed by atoms with E-state index in [9.17, 15) is 14.0 Å². The lowest BCUT2D eigenvalue weighted by molar-refractivity contribution is -0.137. The van der Waals surface area contributed by atoms with Crippen LogP contribution in [0.4, 0.5) is 10.1 Å². The lowest BCUT2D eigenvalue weighted by Crippen LogP contribution is -2.44. The molecule has 2 amide bonds. The molecule has 0 spiro atoms. The number of amides is 2. The molecule has 0 saturated carbocycles. The van der Waals surface area contributed by atoms with Crippen LogP contribution in [0.2, 0.25) is 0 Å². The smallest absolute Gasteiger partial charge is 0.313 e. The molecule has 0 aliphatic rings. The first kappa shape index (κ1) is 19.6. The summed E-state index contributed by atoms with van der Waals surface area (Å²) in [5.74, 6) is -2.05. The molecule has 6 heteroatoms. The predicted molar refractivity (Wildman–Crippen MR) is 98.3 cm³/mol.